The first kappa shape index (κ1) is 14.3. The lowest BCUT2D eigenvalue weighted by Crippen LogP contribution is -2.25. The van der Waals surface area contributed by atoms with E-state index < -0.39 is 0 Å². The summed E-state index contributed by atoms with van der Waals surface area (Å²) in [5, 5.41) is 7.49. The summed E-state index contributed by atoms with van der Waals surface area (Å²) in [5.41, 5.74) is 4.33. The number of aromatic nitrogens is 3. The Morgan fingerprint density at radius 1 is 1.39 bits per heavy atom. The number of pyridine rings is 1. The number of aryl methyl sites for hydroxylation is 1. The summed E-state index contributed by atoms with van der Waals surface area (Å²) in [4.78, 5) is 22.5. The number of hydrogen-bond acceptors (Lipinski definition) is 6. The standard InChI is InChI=1S/C16H19N5O2/c1-10-15(12-4-5-17-7-11(12)8-18-10)16-19-13(23-20-16)9-21-6-2-3-14(21)22/h8,17H,2-7,9H2,1H3. The Balaban J connectivity index is 1.65. The summed E-state index contributed by atoms with van der Waals surface area (Å²) in [6.07, 6.45) is 4.37. The molecule has 0 bridgehead atoms. The molecule has 7 heteroatoms. The normalized spacial score (nSPS) is 17.6. The van der Waals surface area contributed by atoms with Crippen LogP contribution in [0.4, 0.5) is 0 Å². The zero-order valence-electron chi connectivity index (χ0n) is 13.1. The van der Waals surface area contributed by atoms with E-state index in [-0.39, 0.29) is 5.91 Å². The van der Waals surface area contributed by atoms with Crippen molar-refractivity contribution < 1.29 is 9.32 Å². The number of nitrogens with zero attached hydrogens (tertiary/aromatic N) is 4. The number of amides is 1. The summed E-state index contributed by atoms with van der Waals surface area (Å²) in [6.45, 7) is 4.90. The molecular weight excluding hydrogens is 294 g/mol. The van der Waals surface area contributed by atoms with Crippen LogP contribution in [-0.2, 0) is 24.3 Å². The third kappa shape index (κ3) is 2.61. The van der Waals surface area contributed by atoms with Gasteiger partial charge in [0.25, 0.3) is 0 Å². The van der Waals surface area contributed by atoms with Crippen LogP contribution in [0.25, 0.3) is 11.4 Å². The molecule has 1 N–H and O–H groups in total. The molecule has 0 unspecified atom stereocenters. The van der Waals surface area contributed by atoms with Crippen LogP contribution in [0.5, 0.6) is 0 Å². The van der Waals surface area contributed by atoms with Gasteiger partial charge in [-0.3, -0.25) is 9.78 Å². The highest BCUT2D eigenvalue weighted by Crippen LogP contribution is 2.28. The lowest BCUT2D eigenvalue weighted by Gasteiger charge is -2.19. The van der Waals surface area contributed by atoms with Gasteiger partial charge < -0.3 is 14.7 Å². The van der Waals surface area contributed by atoms with Crippen molar-refractivity contribution >= 4 is 5.91 Å². The molecule has 120 valence electrons. The average molecular weight is 313 g/mol. The number of carbonyl (C=O) groups is 1. The number of fused-ring (bicyclic) bond motifs is 1. The maximum absolute atomic E-state index is 11.7. The minimum absolute atomic E-state index is 0.158. The molecule has 2 aliphatic heterocycles. The fraction of sp³-hybridized carbons (Fsp3) is 0.500. The molecule has 0 aliphatic carbocycles. The lowest BCUT2D eigenvalue weighted by atomic mass is 9.95. The van der Waals surface area contributed by atoms with E-state index in [1.54, 1.807) is 4.90 Å². The van der Waals surface area contributed by atoms with Crippen LogP contribution in [0.2, 0.25) is 0 Å². The van der Waals surface area contributed by atoms with Gasteiger partial charge >= 0.3 is 0 Å². The number of rotatable bonds is 3. The second kappa shape index (κ2) is 5.73. The van der Waals surface area contributed by atoms with E-state index >= 15 is 0 Å². The Morgan fingerprint density at radius 3 is 3.13 bits per heavy atom. The fourth-order valence-corrected chi connectivity index (χ4v) is 3.32. The smallest absolute Gasteiger partial charge is 0.246 e. The molecule has 4 rings (SSSR count). The van der Waals surface area contributed by atoms with Crippen molar-refractivity contribution in [2.24, 2.45) is 0 Å². The van der Waals surface area contributed by atoms with E-state index in [1.165, 1.54) is 11.1 Å². The zero-order chi connectivity index (χ0) is 15.8. The van der Waals surface area contributed by atoms with Gasteiger partial charge in [0.2, 0.25) is 17.6 Å². The van der Waals surface area contributed by atoms with Gasteiger partial charge in [-0.05, 0) is 37.4 Å². The Morgan fingerprint density at radius 2 is 2.30 bits per heavy atom. The average Bonchev–Trinajstić information content (AvgIpc) is 3.17. The maximum Gasteiger partial charge on any atom is 0.246 e. The van der Waals surface area contributed by atoms with Gasteiger partial charge in [0.05, 0.1) is 6.54 Å². The van der Waals surface area contributed by atoms with Crippen LogP contribution in [0.3, 0.4) is 0 Å². The van der Waals surface area contributed by atoms with Crippen molar-refractivity contribution in [3.8, 4) is 11.4 Å². The molecule has 0 spiro atoms. The first-order valence-corrected chi connectivity index (χ1v) is 8.01. The molecule has 0 saturated carbocycles. The molecular formula is C16H19N5O2. The molecule has 2 aliphatic rings. The van der Waals surface area contributed by atoms with Crippen LogP contribution in [0.15, 0.2) is 10.7 Å². The first-order chi connectivity index (χ1) is 11.2. The molecule has 1 amide bonds. The minimum Gasteiger partial charge on any atom is -0.337 e. The predicted molar refractivity (Wildman–Crippen MR) is 82.3 cm³/mol. The number of hydrogen-bond donors (Lipinski definition) is 1. The fourth-order valence-electron chi connectivity index (χ4n) is 3.32. The summed E-state index contributed by atoms with van der Waals surface area (Å²) < 4.78 is 5.38. The molecule has 1 fully saturated rings. The highest BCUT2D eigenvalue weighted by Gasteiger charge is 2.24. The van der Waals surface area contributed by atoms with E-state index in [0.717, 1.165) is 43.7 Å². The third-order valence-electron chi connectivity index (χ3n) is 4.52. The Kier molecular flexibility index (Phi) is 3.57. The maximum atomic E-state index is 11.7. The summed E-state index contributed by atoms with van der Waals surface area (Å²) in [5.74, 6) is 1.22. The molecule has 1 saturated heterocycles. The topological polar surface area (TPSA) is 84.2 Å². The highest BCUT2D eigenvalue weighted by atomic mass is 16.5. The van der Waals surface area contributed by atoms with Gasteiger partial charge in [0, 0.05) is 37.0 Å². The predicted octanol–water partition coefficient (Wildman–Crippen LogP) is 1.21. The SMILES string of the molecule is Cc1ncc2c(c1-c1noc(CN3CCCC3=O)n1)CCNC2. The zero-order valence-corrected chi connectivity index (χ0v) is 13.1. The van der Waals surface area contributed by atoms with Crippen molar-refractivity contribution in [3.63, 3.8) is 0 Å². The monoisotopic (exact) mass is 313 g/mol. The highest BCUT2D eigenvalue weighted by molar-refractivity contribution is 5.77. The Labute approximate surface area is 134 Å². The van der Waals surface area contributed by atoms with Crippen LogP contribution in [0, 0.1) is 6.92 Å². The molecule has 2 aromatic rings. The van der Waals surface area contributed by atoms with Crippen molar-refractivity contribution in [1.29, 1.82) is 0 Å². The van der Waals surface area contributed by atoms with Gasteiger partial charge in [-0.2, -0.15) is 4.98 Å². The van der Waals surface area contributed by atoms with E-state index in [1.807, 2.05) is 13.1 Å². The number of carbonyl (C=O) groups excluding carboxylic acids is 1. The van der Waals surface area contributed by atoms with E-state index in [0.29, 0.717) is 24.7 Å². The Hall–Kier alpha value is -2.28. The van der Waals surface area contributed by atoms with E-state index in [4.69, 9.17) is 4.52 Å². The summed E-state index contributed by atoms with van der Waals surface area (Å²) >= 11 is 0. The molecule has 0 aromatic carbocycles. The van der Waals surface area contributed by atoms with Gasteiger partial charge in [-0.25, -0.2) is 0 Å². The molecule has 7 nitrogen and oxygen atoms in total. The van der Waals surface area contributed by atoms with Gasteiger partial charge in [-0.15, -0.1) is 0 Å². The van der Waals surface area contributed by atoms with Crippen molar-refractivity contribution in [2.45, 2.75) is 39.3 Å². The molecule has 4 heterocycles. The van der Waals surface area contributed by atoms with Crippen LogP contribution in [-0.4, -0.2) is 39.0 Å². The van der Waals surface area contributed by atoms with Crippen molar-refractivity contribution in [1.82, 2.24) is 25.3 Å². The third-order valence-corrected chi connectivity index (χ3v) is 4.52. The molecule has 0 radical (unpaired) electrons. The van der Waals surface area contributed by atoms with E-state index in [9.17, 15) is 4.79 Å². The molecule has 2 aromatic heterocycles. The van der Waals surface area contributed by atoms with Crippen molar-refractivity contribution in [2.75, 3.05) is 13.1 Å². The van der Waals surface area contributed by atoms with Gasteiger partial charge in [0.15, 0.2) is 0 Å². The number of likely N-dealkylation sites (tertiary alicyclic amines) is 1. The first-order valence-electron chi connectivity index (χ1n) is 8.01. The molecule has 0 atom stereocenters. The summed E-state index contributed by atoms with van der Waals surface area (Å²) in [7, 11) is 0. The Bertz CT molecular complexity index is 755. The molecule has 23 heavy (non-hydrogen) atoms. The van der Waals surface area contributed by atoms with Gasteiger partial charge in [-0.1, -0.05) is 5.16 Å². The van der Waals surface area contributed by atoms with Gasteiger partial charge in [0.1, 0.15) is 0 Å². The minimum atomic E-state index is 0.158. The van der Waals surface area contributed by atoms with Crippen molar-refractivity contribution in [3.05, 3.63) is 28.9 Å². The van der Waals surface area contributed by atoms with E-state index in [2.05, 4.69) is 20.4 Å². The van der Waals surface area contributed by atoms with Crippen LogP contribution in [0.1, 0.15) is 35.6 Å². The largest absolute Gasteiger partial charge is 0.337 e. The second-order valence-corrected chi connectivity index (χ2v) is 6.08. The lowest BCUT2D eigenvalue weighted by molar-refractivity contribution is -0.128. The number of nitrogens with one attached hydrogen (secondary N) is 1. The van der Waals surface area contributed by atoms with Crippen LogP contribution >= 0.6 is 0 Å². The quantitative estimate of drug-likeness (QED) is 0.917. The van der Waals surface area contributed by atoms with Crippen LogP contribution < -0.4 is 5.32 Å². The second-order valence-electron chi connectivity index (χ2n) is 6.08. The summed E-state index contributed by atoms with van der Waals surface area (Å²) in [6, 6.07) is 0.